The van der Waals surface area contributed by atoms with E-state index in [1.54, 1.807) is 6.92 Å². The summed E-state index contributed by atoms with van der Waals surface area (Å²) in [4.78, 5) is 16.7. The molecule has 4 rings (SSSR count). The Hall–Kier alpha value is -2.33. The summed E-state index contributed by atoms with van der Waals surface area (Å²) in [6.45, 7) is 3.32. The van der Waals surface area contributed by atoms with Crippen molar-refractivity contribution in [3.63, 3.8) is 0 Å². The molecule has 1 fully saturated rings. The van der Waals surface area contributed by atoms with Crippen molar-refractivity contribution in [3.05, 3.63) is 59.7 Å². The highest BCUT2D eigenvalue weighted by Crippen LogP contribution is 2.44. The molecule has 1 heterocycles. The Morgan fingerprint density at radius 1 is 1.04 bits per heavy atom. The van der Waals surface area contributed by atoms with E-state index in [1.807, 2.05) is 35.2 Å². The fraction of sp³-hybridized carbons (Fsp3) is 0.381. The van der Waals surface area contributed by atoms with Gasteiger partial charge in [-0.05, 0) is 42.0 Å². The summed E-state index contributed by atoms with van der Waals surface area (Å²) in [5.41, 5.74) is 4.23. The predicted octanol–water partition coefficient (Wildman–Crippen LogP) is 3.33. The highest BCUT2D eigenvalue weighted by molar-refractivity contribution is 5.97. The number of benzene rings is 2. The highest BCUT2D eigenvalue weighted by atomic mass is 16.3. The first-order valence-electron chi connectivity index (χ1n) is 9.00. The monoisotopic (exact) mass is 336 g/mol. The molecule has 1 N–H and O–H groups in total. The number of fused-ring (bicyclic) bond motifs is 1. The van der Waals surface area contributed by atoms with Crippen LogP contribution in [0, 0.1) is 5.92 Å². The minimum atomic E-state index is 0.0529. The van der Waals surface area contributed by atoms with Crippen LogP contribution in [0.5, 0.6) is 0 Å². The van der Waals surface area contributed by atoms with Gasteiger partial charge in [0, 0.05) is 20.0 Å². The third-order valence-corrected chi connectivity index (χ3v) is 5.38. The number of para-hydroxylation sites is 2. The molecule has 0 radical (unpaired) electrons. The fourth-order valence-corrected chi connectivity index (χ4v) is 3.99. The zero-order chi connectivity index (χ0) is 17.4. The molecule has 0 saturated heterocycles. The van der Waals surface area contributed by atoms with Gasteiger partial charge in [-0.15, -0.1) is 0 Å². The number of aliphatic hydroxyl groups excluding tert-OH is 1. The van der Waals surface area contributed by atoms with Gasteiger partial charge < -0.3 is 14.9 Å². The standard InChI is InChI=1S/C21H24N2O2/c1-15(25)23-20-9-5-4-8-19(20)22(13-21(23)16-10-11-16)12-17-6-2-3-7-18(17)14-24/h2-9,16,21,24H,10-14H2,1H3. The summed E-state index contributed by atoms with van der Waals surface area (Å²) in [6, 6.07) is 16.5. The van der Waals surface area contributed by atoms with E-state index in [0.29, 0.717) is 5.92 Å². The maximum atomic E-state index is 12.3. The summed E-state index contributed by atoms with van der Waals surface area (Å²) in [5.74, 6) is 0.729. The van der Waals surface area contributed by atoms with Gasteiger partial charge in [-0.2, -0.15) is 0 Å². The lowest BCUT2D eigenvalue weighted by atomic mass is 10.0. The second-order valence-corrected chi connectivity index (χ2v) is 7.09. The minimum absolute atomic E-state index is 0.0529. The van der Waals surface area contributed by atoms with E-state index in [4.69, 9.17) is 0 Å². The second-order valence-electron chi connectivity index (χ2n) is 7.09. The quantitative estimate of drug-likeness (QED) is 0.931. The van der Waals surface area contributed by atoms with E-state index < -0.39 is 0 Å². The molecule has 2 aromatic rings. The summed E-state index contributed by atoms with van der Waals surface area (Å²) in [5, 5.41) is 9.64. The highest BCUT2D eigenvalue weighted by Gasteiger charge is 2.42. The Morgan fingerprint density at radius 2 is 1.68 bits per heavy atom. The number of rotatable bonds is 4. The molecule has 1 aliphatic heterocycles. The molecule has 1 atom stereocenters. The minimum Gasteiger partial charge on any atom is -0.392 e. The molecule has 1 unspecified atom stereocenters. The van der Waals surface area contributed by atoms with Gasteiger partial charge in [0.15, 0.2) is 0 Å². The molecular formula is C21H24N2O2. The average molecular weight is 336 g/mol. The van der Waals surface area contributed by atoms with Crippen LogP contribution < -0.4 is 9.80 Å². The lowest BCUT2D eigenvalue weighted by Gasteiger charge is -2.43. The van der Waals surface area contributed by atoms with Crippen LogP contribution in [0.25, 0.3) is 0 Å². The van der Waals surface area contributed by atoms with Gasteiger partial charge in [0.1, 0.15) is 0 Å². The number of carbonyl (C=O) groups excluding carboxylic acids is 1. The van der Waals surface area contributed by atoms with Crippen LogP contribution in [0.3, 0.4) is 0 Å². The molecule has 0 spiro atoms. The SMILES string of the molecule is CC(=O)N1c2ccccc2N(Cc2ccccc2CO)CC1C1CC1. The van der Waals surface area contributed by atoms with E-state index in [0.717, 1.165) is 35.6 Å². The van der Waals surface area contributed by atoms with Crippen LogP contribution in [-0.4, -0.2) is 23.6 Å². The summed E-state index contributed by atoms with van der Waals surface area (Å²) in [7, 11) is 0. The lowest BCUT2D eigenvalue weighted by Crippen LogP contribution is -2.52. The van der Waals surface area contributed by atoms with E-state index >= 15 is 0 Å². The van der Waals surface area contributed by atoms with Crippen molar-refractivity contribution in [3.8, 4) is 0 Å². The Morgan fingerprint density at radius 3 is 2.32 bits per heavy atom. The molecule has 0 bridgehead atoms. The Bertz CT molecular complexity index is 785. The number of hydrogen-bond acceptors (Lipinski definition) is 3. The van der Waals surface area contributed by atoms with Crippen molar-refractivity contribution in [2.24, 2.45) is 5.92 Å². The molecule has 0 aromatic heterocycles. The van der Waals surface area contributed by atoms with Crippen LogP contribution in [0.15, 0.2) is 48.5 Å². The lowest BCUT2D eigenvalue weighted by molar-refractivity contribution is -0.117. The molecule has 4 nitrogen and oxygen atoms in total. The van der Waals surface area contributed by atoms with E-state index in [2.05, 4.69) is 23.1 Å². The molecule has 2 aromatic carbocycles. The van der Waals surface area contributed by atoms with Crippen LogP contribution in [0.1, 0.15) is 30.9 Å². The zero-order valence-electron chi connectivity index (χ0n) is 14.6. The van der Waals surface area contributed by atoms with E-state index in [-0.39, 0.29) is 18.6 Å². The van der Waals surface area contributed by atoms with Crippen LogP contribution in [0.2, 0.25) is 0 Å². The normalized spacial score (nSPS) is 19.7. The van der Waals surface area contributed by atoms with Crippen molar-refractivity contribution < 1.29 is 9.90 Å². The van der Waals surface area contributed by atoms with Crippen LogP contribution >= 0.6 is 0 Å². The summed E-state index contributed by atoms with van der Waals surface area (Å²) in [6.07, 6.45) is 2.41. The van der Waals surface area contributed by atoms with Crippen molar-refractivity contribution in [2.75, 3.05) is 16.3 Å². The molecule has 130 valence electrons. The van der Waals surface area contributed by atoms with Crippen molar-refractivity contribution in [1.82, 2.24) is 0 Å². The predicted molar refractivity (Wildman–Crippen MR) is 99.5 cm³/mol. The van der Waals surface area contributed by atoms with E-state index in [9.17, 15) is 9.90 Å². The van der Waals surface area contributed by atoms with Crippen molar-refractivity contribution >= 4 is 17.3 Å². The number of amides is 1. The molecule has 1 saturated carbocycles. The number of carbonyl (C=O) groups is 1. The van der Waals surface area contributed by atoms with E-state index in [1.165, 1.54) is 12.8 Å². The first-order valence-corrected chi connectivity index (χ1v) is 9.00. The molecule has 25 heavy (non-hydrogen) atoms. The third kappa shape index (κ3) is 3.02. The summed E-state index contributed by atoms with van der Waals surface area (Å²) >= 11 is 0. The molecular weight excluding hydrogens is 312 g/mol. The Labute approximate surface area is 148 Å². The molecule has 2 aliphatic rings. The Balaban J connectivity index is 1.72. The van der Waals surface area contributed by atoms with Crippen molar-refractivity contribution in [1.29, 1.82) is 0 Å². The van der Waals surface area contributed by atoms with Crippen LogP contribution in [0.4, 0.5) is 11.4 Å². The molecule has 4 heteroatoms. The molecule has 1 amide bonds. The molecule has 1 aliphatic carbocycles. The van der Waals surface area contributed by atoms with Crippen LogP contribution in [-0.2, 0) is 17.9 Å². The first kappa shape index (κ1) is 16.2. The van der Waals surface area contributed by atoms with Gasteiger partial charge >= 0.3 is 0 Å². The summed E-state index contributed by atoms with van der Waals surface area (Å²) < 4.78 is 0. The topological polar surface area (TPSA) is 43.8 Å². The zero-order valence-corrected chi connectivity index (χ0v) is 14.6. The van der Waals surface area contributed by atoms with Gasteiger partial charge in [0.05, 0.1) is 24.0 Å². The largest absolute Gasteiger partial charge is 0.392 e. The smallest absolute Gasteiger partial charge is 0.224 e. The number of hydrogen-bond donors (Lipinski definition) is 1. The second kappa shape index (κ2) is 6.52. The first-order chi connectivity index (χ1) is 12.2. The van der Waals surface area contributed by atoms with Gasteiger partial charge in [-0.25, -0.2) is 0 Å². The maximum Gasteiger partial charge on any atom is 0.224 e. The number of nitrogens with zero attached hydrogens (tertiary/aromatic N) is 2. The van der Waals surface area contributed by atoms with Crippen molar-refractivity contribution in [2.45, 2.75) is 39.0 Å². The van der Waals surface area contributed by atoms with Gasteiger partial charge in [-0.3, -0.25) is 4.79 Å². The number of aliphatic hydroxyl groups is 1. The van der Waals surface area contributed by atoms with Gasteiger partial charge in [0.25, 0.3) is 0 Å². The van der Waals surface area contributed by atoms with Gasteiger partial charge in [-0.1, -0.05) is 36.4 Å². The number of anilines is 2. The maximum absolute atomic E-state index is 12.3. The Kier molecular flexibility index (Phi) is 4.22. The average Bonchev–Trinajstić information content (AvgIpc) is 3.46. The fourth-order valence-electron chi connectivity index (χ4n) is 3.99. The third-order valence-electron chi connectivity index (χ3n) is 5.38. The van der Waals surface area contributed by atoms with Gasteiger partial charge in [0.2, 0.25) is 5.91 Å².